The van der Waals surface area contributed by atoms with E-state index in [0.717, 1.165) is 22.9 Å². The number of hydrogen-bond acceptors (Lipinski definition) is 6. The highest BCUT2D eigenvalue weighted by Gasteiger charge is 2.11. The number of likely N-dealkylation sites (N-methyl/N-ethyl adjacent to an activating group) is 1. The second-order valence-electron chi connectivity index (χ2n) is 7.20. The van der Waals surface area contributed by atoms with Gasteiger partial charge in [-0.1, -0.05) is 6.07 Å². The zero-order valence-corrected chi connectivity index (χ0v) is 18.8. The van der Waals surface area contributed by atoms with Gasteiger partial charge in [-0.15, -0.1) is 12.4 Å². The molecule has 0 aliphatic rings. The van der Waals surface area contributed by atoms with Gasteiger partial charge < -0.3 is 9.84 Å². The first-order valence-corrected chi connectivity index (χ1v) is 11.2. The largest absolute Gasteiger partial charge is 0.491 e. The highest BCUT2D eigenvalue weighted by atomic mass is 35.5. The van der Waals surface area contributed by atoms with E-state index in [1.807, 2.05) is 24.1 Å². The van der Waals surface area contributed by atoms with Crippen LogP contribution in [0.2, 0.25) is 0 Å². The van der Waals surface area contributed by atoms with Gasteiger partial charge in [0.15, 0.2) is 0 Å². The number of nitrogens with zero attached hydrogens (tertiary/aromatic N) is 2. The van der Waals surface area contributed by atoms with Crippen LogP contribution in [0.15, 0.2) is 54.6 Å². The molecule has 31 heavy (non-hydrogen) atoms. The molecule has 0 fully saturated rings. The minimum absolute atomic E-state index is 0. The van der Waals surface area contributed by atoms with Gasteiger partial charge in [0.1, 0.15) is 24.3 Å². The molecule has 1 heterocycles. The molecule has 2 N–H and O–H groups in total. The van der Waals surface area contributed by atoms with Crippen molar-refractivity contribution in [2.24, 2.45) is 0 Å². The van der Waals surface area contributed by atoms with Crippen LogP contribution in [0.25, 0.3) is 10.9 Å². The highest BCUT2D eigenvalue weighted by molar-refractivity contribution is 7.92. The molecule has 3 rings (SSSR count). The van der Waals surface area contributed by atoms with E-state index in [0.29, 0.717) is 24.5 Å². The lowest BCUT2D eigenvalue weighted by atomic mass is 10.2. The van der Waals surface area contributed by atoms with Crippen molar-refractivity contribution < 1.29 is 22.7 Å². The van der Waals surface area contributed by atoms with E-state index in [2.05, 4.69) is 9.71 Å². The molecule has 0 spiro atoms. The van der Waals surface area contributed by atoms with Gasteiger partial charge in [-0.2, -0.15) is 0 Å². The summed E-state index contributed by atoms with van der Waals surface area (Å²) in [5.74, 6) is 0.234. The summed E-state index contributed by atoms with van der Waals surface area (Å²) >= 11 is 0. The summed E-state index contributed by atoms with van der Waals surface area (Å²) in [6, 6.07) is 14.6. The van der Waals surface area contributed by atoms with Crippen molar-refractivity contribution in [2.75, 3.05) is 31.2 Å². The third-order valence-electron chi connectivity index (χ3n) is 4.26. The number of fused-ring (bicyclic) bond motifs is 1. The van der Waals surface area contributed by atoms with E-state index in [-0.39, 0.29) is 24.8 Å². The van der Waals surface area contributed by atoms with Crippen molar-refractivity contribution in [1.29, 1.82) is 0 Å². The summed E-state index contributed by atoms with van der Waals surface area (Å²) in [5, 5.41) is 11.0. The minimum atomic E-state index is -3.33. The summed E-state index contributed by atoms with van der Waals surface area (Å²) in [6.07, 6.45) is 0.357. The predicted molar refractivity (Wildman–Crippen MR) is 122 cm³/mol. The molecule has 1 atom stereocenters. The van der Waals surface area contributed by atoms with Crippen LogP contribution in [-0.2, 0) is 16.6 Å². The molecule has 0 saturated carbocycles. The zero-order chi connectivity index (χ0) is 21.7. The van der Waals surface area contributed by atoms with Crippen LogP contribution in [0.5, 0.6) is 5.75 Å². The standard InChI is InChI=1S/C21H24FN3O4S.ClH/c1-25(12-18-5-3-15-11-16(22)4-10-21(15)23-18)13-19(26)14-29-20-8-6-17(7-9-20)24-30(2,27)28;/h3-11,19,24,26H,12-14H2,1-2H3;1H. The van der Waals surface area contributed by atoms with Crippen molar-refractivity contribution in [2.45, 2.75) is 12.6 Å². The Labute approximate surface area is 187 Å². The maximum absolute atomic E-state index is 13.3. The number of sulfonamides is 1. The van der Waals surface area contributed by atoms with Crippen molar-refractivity contribution >= 4 is 39.0 Å². The molecule has 0 aliphatic carbocycles. The lowest BCUT2D eigenvalue weighted by Gasteiger charge is -2.20. The van der Waals surface area contributed by atoms with Gasteiger partial charge in [-0.05, 0) is 55.6 Å². The smallest absolute Gasteiger partial charge is 0.229 e. The summed E-state index contributed by atoms with van der Waals surface area (Å²) in [6.45, 7) is 0.987. The first-order chi connectivity index (χ1) is 14.2. The average molecular weight is 470 g/mol. The van der Waals surface area contributed by atoms with Gasteiger partial charge in [0.25, 0.3) is 0 Å². The Balaban J connectivity index is 0.00000341. The molecule has 1 aromatic heterocycles. The van der Waals surface area contributed by atoms with Gasteiger partial charge in [0.2, 0.25) is 10.0 Å². The zero-order valence-electron chi connectivity index (χ0n) is 17.2. The number of aliphatic hydroxyl groups is 1. The summed E-state index contributed by atoms with van der Waals surface area (Å²) < 4.78 is 43.6. The maximum atomic E-state index is 13.3. The number of benzene rings is 2. The topological polar surface area (TPSA) is 91.8 Å². The number of aliphatic hydroxyl groups excluding tert-OH is 1. The number of halogens is 2. The van der Waals surface area contributed by atoms with E-state index >= 15 is 0 Å². The fourth-order valence-electron chi connectivity index (χ4n) is 3.01. The Kier molecular flexibility index (Phi) is 8.58. The number of anilines is 1. The second kappa shape index (κ2) is 10.7. The Morgan fingerprint density at radius 3 is 2.55 bits per heavy atom. The highest BCUT2D eigenvalue weighted by Crippen LogP contribution is 2.17. The normalized spacial score (nSPS) is 12.4. The van der Waals surface area contributed by atoms with E-state index in [9.17, 15) is 17.9 Å². The van der Waals surface area contributed by atoms with Crippen LogP contribution in [0, 0.1) is 5.82 Å². The van der Waals surface area contributed by atoms with Crippen molar-refractivity contribution in [3.8, 4) is 5.75 Å². The van der Waals surface area contributed by atoms with Crippen LogP contribution in [0.3, 0.4) is 0 Å². The molecule has 168 valence electrons. The van der Waals surface area contributed by atoms with E-state index in [4.69, 9.17) is 4.74 Å². The first-order valence-electron chi connectivity index (χ1n) is 9.30. The molecule has 0 radical (unpaired) electrons. The molecule has 0 saturated heterocycles. The van der Waals surface area contributed by atoms with Gasteiger partial charge in [0, 0.05) is 24.2 Å². The SMILES string of the molecule is CN(Cc1ccc2cc(F)ccc2n1)CC(O)COc1ccc(NS(C)(=O)=O)cc1.Cl. The van der Waals surface area contributed by atoms with Crippen LogP contribution in [0.1, 0.15) is 5.69 Å². The first kappa shape index (κ1) is 24.8. The maximum Gasteiger partial charge on any atom is 0.229 e. The molecular weight excluding hydrogens is 445 g/mol. The molecule has 7 nitrogen and oxygen atoms in total. The molecule has 1 unspecified atom stereocenters. The van der Waals surface area contributed by atoms with Crippen molar-refractivity contribution in [3.05, 3.63) is 66.1 Å². The third-order valence-corrected chi connectivity index (χ3v) is 4.87. The van der Waals surface area contributed by atoms with Gasteiger partial charge in [-0.25, -0.2) is 12.8 Å². The molecule has 10 heteroatoms. The molecular formula is C21H25ClFN3O4S. The number of rotatable bonds is 9. The lowest BCUT2D eigenvalue weighted by molar-refractivity contribution is 0.0741. The molecule has 2 aromatic carbocycles. The van der Waals surface area contributed by atoms with Crippen LogP contribution >= 0.6 is 12.4 Å². The fourth-order valence-corrected chi connectivity index (χ4v) is 3.57. The van der Waals surface area contributed by atoms with Crippen LogP contribution in [0.4, 0.5) is 10.1 Å². The number of pyridine rings is 1. The summed E-state index contributed by atoms with van der Waals surface area (Å²) in [4.78, 5) is 6.44. The van der Waals surface area contributed by atoms with Gasteiger partial charge >= 0.3 is 0 Å². The minimum Gasteiger partial charge on any atom is -0.491 e. The van der Waals surface area contributed by atoms with Crippen LogP contribution in [-0.4, -0.2) is 56.0 Å². The van der Waals surface area contributed by atoms with E-state index in [1.54, 1.807) is 30.3 Å². The molecule has 0 amide bonds. The van der Waals surface area contributed by atoms with E-state index < -0.39 is 16.1 Å². The average Bonchev–Trinajstić information content (AvgIpc) is 2.66. The number of ether oxygens (including phenoxy) is 1. The Morgan fingerprint density at radius 1 is 1.16 bits per heavy atom. The Morgan fingerprint density at radius 2 is 1.87 bits per heavy atom. The van der Waals surface area contributed by atoms with Gasteiger partial charge in [0.05, 0.1) is 17.5 Å². The monoisotopic (exact) mass is 469 g/mol. The molecule has 0 aliphatic heterocycles. The third kappa shape index (κ3) is 7.95. The van der Waals surface area contributed by atoms with Crippen LogP contribution < -0.4 is 9.46 Å². The summed E-state index contributed by atoms with van der Waals surface area (Å²) in [5.41, 5.74) is 1.98. The number of aromatic nitrogens is 1. The quantitative estimate of drug-likeness (QED) is 0.500. The summed E-state index contributed by atoms with van der Waals surface area (Å²) in [7, 11) is -1.46. The number of nitrogens with one attached hydrogen (secondary N) is 1. The van der Waals surface area contributed by atoms with Crippen molar-refractivity contribution in [1.82, 2.24) is 9.88 Å². The second-order valence-corrected chi connectivity index (χ2v) is 8.95. The van der Waals surface area contributed by atoms with Crippen molar-refractivity contribution in [3.63, 3.8) is 0 Å². The van der Waals surface area contributed by atoms with Gasteiger partial charge in [-0.3, -0.25) is 14.6 Å². The molecule has 0 bridgehead atoms. The number of hydrogen-bond donors (Lipinski definition) is 2. The Bertz CT molecular complexity index is 1110. The predicted octanol–water partition coefficient (Wildman–Crippen LogP) is 3.04. The van der Waals surface area contributed by atoms with E-state index in [1.165, 1.54) is 12.1 Å². The fraction of sp³-hybridized carbons (Fsp3) is 0.286. The lowest BCUT2D eigenvalue weighted by Crippen LogP contribution is -2.33. The molecule has 3 aromatic rings. The Hall–Kier alpha value is -2.46.